The number of aryl methyl sites for hydroxylation is 1. The predicted molar refractivity (Wildman–Crippen MR) is 142 cm³/mol. The van der Waals surface area contributed by atoms with Crippen molar-refractivity contribution < 1.29 is 9.13 Å². The molecule has 0 saturated heterocycles. The molecule has 0 fully saturated rings. The number of unbranched alkanes of at least 4 members (excludes halogenated alkanes) is 8. The Morgan fingerprint density at radius 1 is 0.618 bits per heavy atom. The second kappa shape index (κ2) is 14.6. The van der Waals surface area contributed by atoms with Gasteiger partial charge >= 0.3 is 0 Å². The zero-order valence-electron chi connectivity index (χ0n) is 21.0. The number of pyridine rings is 1. The van der Waals surface area contributed by atoms with Gasteiger partial charge in [0.2, 0.25) is 0 Å². The van der Waals surface area contributed by atoms with Gasteiger partial charge in [-0.2, -0.15) is 4.39 Å². The third-order valence-corrected chi connectivity index (χ3v) is 6.36. The Kier molecular flexibility index (Phi) is 11.1. The first-order chi connectivity index (χ1) is 16.7. The van der Waals surface area contributed by atoms with E-state index in [0.717, 1.165) is 30.4 Å². The van der Waals surface area contributed by atoms with Crippen LogP contribution in [-0.2, 0) is 6.42 Å². The fourth-order valence-corrected chi connectivity index (χ4v) is 4.21. The van der Waals surface area contributed by atoms with Gasteiger partial charge in [-0.25, -0.2) is 4.98 Å². The van der Waals surface area contributed by atoms with Gasteiger partial charge in [-0.1, -0.05) is 114 Å². The van der Waals surface area contributed by atoms with Crippen molar-refractivity contribution in [2.75, 3.05) is 6.61 Å². The largest absolute Gasteiger partial charge is 0.489 e. The van der Waals surface area contributed by atoms with Crippen molar-refractivity contribution in [2.45, 2.75) is 84.5 Å². The van der Waals surface area contributed by atoms with Crippen molar-refractivity contribution >= 4 is 0 Å². The Labute approximate surface area is 205 Å². The van der Waals surface area contributed by atoms with Crippen LogP contribution >= 0.6 is 0 Å². The highest BCUT2D eigenvalue weighted by atomic mass is 19.1. The molecule has 182 valence electrons. The maximum Gasteiger partial charge on any atom is 0.255 e. The Balaban J connectivity index is 1.53. The van der Waals surface area contributed by atoms with Crippen molar-refractivity contribution in [3.63, 3.8) is 0 Å². The Morgan fingerprint density at radius 3 is 1.82 bits per heavy atom. The second-order valence-corrected chi connectivity index (χ2v) is 9.19. The van der Waals surface area contributed by atoms with Crippen molar-refractivity contribution in [3.05, 3.63) is 72.2 Å². The second-order valence-electron chi connectivity index (χ2n) is 9.19. The number of nitrogens with zero attached hydrogens (tertiary/aromatic N) is 1. The van der Waals surface area contributed by atoms with Gasteiger partial charge in [0.15, 0.2) is 5.75 Å². The molecule has 0 radical (unpaired) electrons. The van der Waals surface area contributed by atoms with Gasteiger partial charge in [-0.15, -0.1) is 0 Å². The summed E-state index contributed by atoms with van der Waals surface area (Å²) in [5, 5.41) is 0. The monoisotopic (exact) mass is 461 g/mol. The average molecular weight is 462 g/mol. The van der Waals surface area contributed by atoms with E-state index < -0.39 is 5.95 Å². The summed E-state index contributed by atoms with van der Waals surface area (Å²) in [6.07, 6.45) is 13.5. The minimum atomic E-state index is -0.543. The molecule has 0 amide bonds. The van der Waals surface area contributed by atoms with Gasteiger partial charge in [0.1, 0.15) is 0 Å². The average Bonchev–Trinajstić information content (AvgIpc) is 2.87. The fourth-order valence-electron chi connectivity index (χ4n) is 4.21. The first-order valence-electron chi connectivity index (χ1n) is 13.2. The molecule has 3 aromatic rings. The van der Waals surface area contributed by atoms with Crippen LogP contribution in [0.2, 0.25) is 0 Å². The van der Waals surface area contributed by atoms with E-state index in [0.29, 0.717) is 12.3 Å². The van der Waals surface area contributed by atoms with Gasteiger partial charge in [-0.05, 0) is 48.1 Å². The Morgan fingerprint density at radius 2 is 1.18 bits per heavy atom. The zero-order chi connectivity index (χ0) is 24.0. The molecule has 1 aromatic heterocycles. The van der Waals surface area contributed by atoms with E-state index in [1.807, 2.05) is 18.2 Å². The van der Waals surface area contributed by atoms with Crippen LogP contribution in [0.1, 0.15) is 83.6 Å². The van der Waals surface area contributed by atoms with Crippen LogP contribution < -0.4 is 4.74 Å². The summed E-state index contributed by atoms with van der Waals surface area (Å²) in [5.74, 6) is -0.309. The first-order valence-corrected chi connectivity index (χ1v) is 13.2. The van der Waals surface area contributed by atoms with Crippen molar-refractivity contribution in [2.24, 2.45) is 0 Å². The first kappa shape index (κ1) is 25.9. The van der Waals surface area contributed by atoms with Crippen LogP contribution in [0.3, 0.4) is 0 Å². The summed E-state index contributed by atoms with van der Waals surface area (Å²) in [7, 11) is 0. The quantitative estimate of drug-likeness (QED) is 0.166. The number of benzene rings is 2. The SMILES string of the molecule is CCCCCCCCc1ccc(-c2ccc(-c3ccc(OCCCCCC)c(F)n3)cc2)cc1. The van der Waals surface area contributed by atoms with Gasteiger partial charge < -0.3 is 4.74 Å². The zero-order valence-corrected chi connectivity index (χ0v) is 21.0. The van der Waals surface area contributed by atoms with Gasteiger partial charge in [0, 0.05) is 5.56 Å². The van der Waals surface area contributed by atoms with Gasteiger partial charge in [-0.3, -0.25) is 0 Å². The Bertz CT molecular complexity index is 966. The molecular formula is C31H40FNO. The molecule has 34 heavy (non-hydrogen) atoms. The summed E-state index contributed by atoms with van der Waals surface area (Å²) >= 11 is 0. The molecule has 0 N–H and O–H groups in total. The van der Waals surface area contributed by atoms with Crippen LogP contribution in [0, 0.1) is 5.95 Å². The topological polar surface area (TPSA) is 22.1 Å². The minimum absolute atomic E-state index is 0.234. The summed E-state index contributed by atoms with van der Waals surface area (Å²) in [5.41, 5.74) is 5.28. The number of rotatable bonds is 15. The van der Waals surface area contributed by atoms with Gasteiger partial charge in [0.25, 0.3) is 5.95 Å². The van der Waals surface area contributed by atoms with Gasteiger partial charge in [0.05, 0.1) is 12.3 Å². The molecule has 2 aromatic carbocycles. The van der Waals surface area contributed by atoms with Crippen LogP contribution in [0.5, 0.6) is 5.75 Å². The van der Waals surface area contributed by atoms with E-state index in [2.05, 4.69) is 55.2 Å². The molecule has 3 heteroatoms. The number of halogens is 1. The van der Waals surface area contributed by atoms with Crippen LogP contribution in [-0.4, -0.2) is 11.6 Å². The van der Waals surface area contributed by atoms with Crippen LogP contribution in [0.25, 0.3) is 22.4 Å². The third-order valence-electron chi connectivity index (χ3n) is 6.36. The summed E-state index contributed by atoms with van der Waals surface area (Å²) in [6.45, 7) is 4.96. The number of aromatic nitrogens is 1. The number of ether oxygens (including phenoxy) is 1. The maximum absolute atomic E-state index is 14.4. The van der Waals surface area contributed by atoms with Crippen molar-refractivity contribution in [1.29, 1.82) is 0 Å². The summed E-state index contributed by atoms with van der Waals surface area (Å²) in [4.78, 5) is 4.13. The smallest absolute Gasteiger partial charge is 0.255 e. The number of hydrogen-bond acceptors (Lipinski definition) is 2. The molecule has 3 rings (SSSR count). The molecule has 0 unspecified atom stereocenters. The standard InChI is InChI=1S/C31H40FNO/c1-3-5-7-9-10-11-13-25-14-16-26(17-15-25)27-18-20-28(21-19-27)29-22-23-30(31(32)33-29)34-24-12-8-6-4-2/h14-23H,3-13,24H2,1-2H3. The lowest BCUT2D eigenvalue weighted by atomic mass is 9.99. The van der Waals surface area contributed by atoms with E-state index >= 15 is 0 Å². The van der Waals surface area contributed by atoms with E-state index in [4.69, 9.17) is 4.74 Å². The molecule has 0 atom stereocenters. The lowest BCUT2D eigenvalue weighted by molar-refractivity contribution is 0.286. The Hall–Kier alpha value is -2.68. The molecule has 0 bridgehead atoms. The highest BCUT2D eigenvalue weighted by Gasteiger charge is 2.09. The van der Waals surface area contributed by atoms with E-state index in [-0.39, 0.29) is 5.75 Å². The normalized spacial score (nSPS) is 11.0. The fraction of sp³-hybridized carbons (Fsp3) is 0.452. The molecule has 0 aliphatic heterocycles. The highest BCUT2D eigenvalue weighted by molar-refractivity contribution is 5.69. The van der Waals surface area contributed by atoms with E-state index in [1.165, 1.54) is 62.5 Å². The van der Waals surface area contributed by atoms with Crippen LogP contribution in [0.4, 0.5) is 4.39 Å². The molecule has 0 spiro atoms. The third kappa shape index (κ3) is 8.27. The molecular weight excluding hydrogens is 421 g/mol. The molecule has 0 saturated carbocycles. The lowest BCUT2D eigenvalue weighted by Crippen LogP contribution is -2.01. The van der Waals surface area contributed by atoms with Crippen molar-refractivity contribution in [1.82, 2.24) is 4.98 Å². The molecule has 2 nitrogen and oxygen atoms in total. The maximum atomic E-state index is 14.4. The minimum Gasteiger partial charge on any atom is -0.489 e. The van der Waals surface area contributed by atoms with E-state index in [1.54, 1.807) is 6.07 Å². The highest BCUT2D eigenvalue weighted by Crippen LogP contribution is 2.26. The summed E-state index contributed by atoms with van der Waals surface area (Å²) in [6, 6.07) is 20.6. The summed E-state index contributed by atoms with van der Waals surface area (Å²) < 4.78 is 20.0. The molecule has 0 aliphatic carbocycles. The lowest BCUT2D eigenvalue weighted by Gasteiger charge is -2.09. The molecule has 0 aliphatic rings. The van der Waals surface area contributed by atoms with Crippen molar-refractivity contribution in [3.8, 4) is 28.1 Å². The predicted octanol–water partition coefficient (Wildman–Crippen LogP) is 9.42. The van der Waals surface area contributed by atoms with Crippen LogP contribution in [0.15, 0.2) is 60.7 Å². The van der Waals surface area contributed by atoms with E-state index in [9.17, 15) is 4.39 Å². The number of hydrogen-bond donors (Lipinski definition) is 0. The molecule has 1 heterocycles.